The molecule has 0 fully saturated rings. The lowest BCUT2D eigenvalue weighted by molar-refractivity contribution is -0.122. The molecule has 0 saturated heterocycles. The fraction of sp³-hybridized carbons (Fsp3) is 0.278. The minimum atomic E-state index is -3.72. The summed E-state index contributed by atoms with van der Waals surface area (Å²) in [4.78, 5) is 12.6. The Morgan fingerprint density at radius 1 is 1.15 bits per heavy atom. The van der Waals surface area contributed by atoms with Gasteiger partial charge in [-0.1, -0.05) is 29.8 Å². The zero-order chi connectivity index (χ0) is 19.5. The SMILES string of the molecule is CC(NC(=O)C(C)N(c1cccc(Cl)c1)S(C)(=O)=O)c1ccc(F)cc1. The predicted octanol–water partition coefficient (Wildman–Crippen LogP) is 3.51. The van der Waals surface area contributed by atoms with E-state index < -0.39 is 28.0 Å². The summed E-state index contributed by atoms with van der Waals surface area (Å²) in [6, 6.07) is 10.6. The van der Waals surface area contributed by atoms with E-state index in [4.69, 9.17) is 11.6 Å². The van der Waals surface area contributed by atoms with Crippen LogP contribution in [0.2, 0.25) is 5.02 Å². The van der Waals surface area contributed by atoms with Gasteiger partial charge in [-0.15, -0.1) is 0 Å². The Kier molecular flexibility index (Phi) is 6.26. The molecule has 0 bridgehead atoms. The molecule has 2 aromatic carbocycles. The Morgan fingerprint density at radius 2 is 1.77 bits per heavy atom. The van der Waals surface area contributed by atoms with Crippen molar-refractivity contribution in [1.29, 1.82) is 0 Å². The second kappa shape index (κ2) is 8.05. The number of carbonyl (C=O) groups is 1. The van der Waals surface area contributed by atoms with Crippen LogP contribution in [-0.2, 0) is 14.8 Å². The van der Waals surface area contributed by atoms with Gasteiger partial charge in [0.15, 0.2) is 0 Å². The Balaban J connectivity index is 2.23. The lowest BCUT2D eigenvalue weighted by atomic mass is 10.1. The summed E-state index contributed by atoms with van der Waals surface area (Å²) >= 11 is 5.95. The normalized spacial score (nSPS) is 13.7. The Labute approximate surface area is 157 Å². The van der Waals surface area contributed by atoms with E-state index >= 15 is 0 Å². The Bertz CT molecular complexity index is 888. The average molecular weight is 399 g/mol. The number of anilines is 1. The second-order valence-corrected chi connectivity index (χ2v) is 8.29. The first kappa shape index (κ1) is 20.2. The molecule has 140 valence electrons. The molecular formula is C18H20ClFN2O3S. The van der Waals surface area contributed by atoms with Crippen molar-refractivity contribution in [3.63, 3.8) is 0 Å². The summed E-state index contributed by atoms with van der Waals surface area (Å²) in [5.74, 6) is -0.850. The fourth-order valence-corrected chi connectivity index (χ4v) is 3.94. The largest absolute Gasteiger partial charge is 0.348 e. The molecule has 0 spiro atoms. The highest BCUT2D eigenvalue weighted by atomic mass is 35.5. The van der Waals surface area contributed by atoms with E-state index in [1.807, 2.05) is 0 Å². The van der Waals surface area contributed by atoms with Crippen molar-refractivity contribution < 1.29 is 17.6 Å². The third-order valence-electron chi connectivity index (χ3n) is 3.88. The van der Waals surface area contributed by atoms with Crippen molar-refractivity contribution >= 4 is 33.2 Å². The molecule has 1 N–H and O–H groups in total. The van der Waals surface area contributed by atoms with Crippen molar-refractivity contribution in [3.8, 4) is 0 Å². The number of hydrogen-bond donors (Lipinski definition) is 1. The molecule has 0 aliphatic heterocycles. The third kappa shape index (κ3) is 4.95. The molecular weight excluding hydrogens is 379 g/mol. The van der Waals surface area contributed by atoms with Crippen molar-refractivity contribution in [2.75, 3.05) is 10.6 Å². The van der Waals surface area contributed by atoms with E-state index in [-0.39, 0.29) is 5.82 Å². The highest BCUT2D eigenvalue weighted by molar-refractivity contribution is 7.92. The van der Waals surface area contributed by atoms with E-state index in [0.717, 1.165) is 10.6 Å². The summed E-state index contributed by atoms with van der Waals surface area (Å²) in [6.45, 7) is 3.23. The first-order valence-electron chi connectivity index (χ1n) is 7.90. The minimum absolute atomic E-state index is 0.303. The van der Waals surface area contributed by atoms with Gasteiger partial charge in [0.1, 0.15) is 11.9 Å². The number of nitrogens with one attached hydrogen (secondary N) is 1. The first-order chi connectivity index (χ1) is 12.1. The van der Waals surface area contributed by atoms with E-state index in [0.29, 0.717) is 16.3 Å². The van der Waals surface area contributed by atoms with Gasteiger partial charge < -0.3 is 5.32 Å². The average Bonchev–Trinajstić information content (AvgIpc) is 2.54. The maximum atomic E-state index is 13.0. The number of benzene rings is 2. The third-order valence-corrected chi connectivity index (χ3v) is 5.36. The maximum absolute atomic E-state index is 13.0. The molecule has 2 atom stereocenters. The zero-order valence-electron chi connectivity index (χ0n) is 14.6. The van der Waals surface area contributed by atoms with Crippen LogP contribution in [0.5, 0.6) is 0 Å². The molecule has 0 aliphatic carbocycles. The van der Waals surface area contributed by atoms with Crippen molar-refractivity contribution in [2.24, 2.45) is 0 Å². The number of nitrogens with zero attached hydrogens (tertiary/aromatic N) is 1. The first-order valence-corrected chi connectivity index (χ1v) is 10.1. The fourth-order valence-electron chi connectivity index (χ4n) is 2.59. The maximum Gasteiger partial charge on any atom is 0.244 e. The highest BCUT2D eigenvalue weighted by Crippen LogP contribution is 2.24. The summed E-state index contributed by atoms with van der Waals surface area (Å²) < 4.78 is 38.5. The van der Waals surface area contributed by atoms with Crippen molar-refractivity contribution in [2.45, 2.75) is 25.9 Å². The molecule has 8 heteroatoms. The highest BCUT2D eigenvalue weighted by Gasteiger charge is 2.30. The molecule has 2 unspecified atom stereocenters. The number of rotatable bonds is 6. The van der Waals surface area contributed by atoms with E-state index in [1.54, 1.807) is 37.3 Å². The lowest BCUT2D eigenvalue weighted by Crippen LogP contribution is -2.48. The van der Waals surface area contributed by atoms with Crippen molar-refractivity contribution in [1.82, 2.24) is 5.32 Å². The van der Waals surface area contributed by atoms with Crippen molar-refractivity contribution in [3.05, 3.63) is 64.9 Å². The van der Waals surface area contributed by atoms with Crippen LogP contribution in [-0.4, -0.2) is 26.6 Å². The number of carbonyl (C=O) groups excluding carboxylic acids is 1. The van der Waals surface area contributed by atoms with Gasteiger partial charge in [0, 0.05) is 5.02 Å². The topological polar surface area (TPSA) is 66.5 Å². The molecule has 0 saturated carbocycles. The predicted molar refractivity (Wildman–Crippen MR) is 101 cm³/mol. The van der Waals surface area contributed by atoms with Crippen LogP contribution in [0, 0.1) is 5.82 Å². The second-order valence-electron chi connectivity index (χ2n) is 6.00. The van der Waals surface area contributed by atoms with Gasteiger partial charge in [0.2, 0.25) is 15.9 Å². The molecule has 26 heavy (non-hydrogen) atoms. The van der Waals surface area contributed by atoms with Gasteiger partial charge in [-0.25, -0.2) is 12.8 Å². The molecule has 0 aromatic heterocycles. The standard InChI is InChI=1S/C18H20ClFN2O3S/c1-12(14-7-9-16(20)10-8-14)21-18(23)13(2)22(26(3,24)25)17-6-4-5-15(19)11-17/h4-13H,1-3H3,(H,21,23). The van der Waals surface area contributed by atoms with E-state index in [2.05, 4.69) is 5.32 Å². The van der Waals surface area contributed by atoms with E-state index in [9.17, 15) is 17.6 Å². The molecule has 1 amide bonds. The van der Waals surface area contributed by atoms with Crippen LogP contribution >= 0.6 is 11.6 Å². The minimum Gasteiger partial charge on any atom is -0.348 e. The number of sulfonamides is 1. The van der Waals surface area contributed by atoms with E-state index in [1.165, 1.54) is 25.1 Å². The van der Waals surface area contributed by atoms with Crippen LogP contribution in [0.25, 0.3) is 0 Å². The Morgan fingerprint density at radius 3 is 2.31 bits per heavy atom. The summed E-state index contributed by atoms with van der Waals surface area (Å²) in [7, 11) is -3.72. The van der Waals surface area contributed by atoms with Gasteiger partial charge in [-0.2, -0.15) is 0 Å². The van der Waals surface area contributed by atoms with Crippen LogP contribution < -0.4 is 9.62 Å². The molecule has 0 radical (unpaired) electrons. The smallest absolute Gasteiger partial charge is 0.244 e. The summed E-state index contributed by atoms with van der Waals surface area (Å²) in [6.07, 6.45) is 1.03. The molecule has 2 aromatic rings. The summed E-state index contributed by atoms with van der Waals surface area (Å²) in [5, 5.41) is 3.12. The van der Waals surface area contributed by atoms with Crippen LogP contribution in [0.1, 0.15) is 25.5 Å². The number of halogens is 2. The van der Waals surface area contributed by atoms with Crippen LogP contribution in [0.4, 0.5) is 10.1 Å². The Hall–Kier alpha value is -2.12. The number of amides is 1. The van der Waals surface area contributed by atoms with Crippen LogP contribution in [0.15, 0.2) is 48.5 Å². The molecule has 2 rings (SSSR count). The molecule has 5 nitrogen and oxygen atoms in total. The van der Waals surface area contributed by atoms with Gasteiger partial charge in [-0.05, 0) is 49.7 Å². The van der Waals surface area contributed by atoms with Gasteiger partial charge in [-0.3, -0.25) is 9.10 Å². The lowest BCUT2D eigenvalue weighted by Gasteiger charge is -2.29. The monoisotopic (exact) mass is 398 g/mol. The molecule has 0 aliphatic rings. The zero-order valence-corrected chi connectivity index (χ0v) is 16.2. The van der Waals surface area contributed by atoms with Gasteiger partial charge in [0.25, 0.3) is 0 Å². The quantitative estimate of drug-likeness (QED) is 0.809. The van der Waals surface area contributed by atoms with Gasteiger partial charge >= 0.3 is 0 Å². The molecule has 0 heterocycles. The van der Waals surface area contributed by atoms with Gasteiger partial charge in [0.05, 0.1) is 18.0 Å². The number of hydrogen-bond acceptors (Lipinski definition) is 3. The summed E-state index contributed by atoms with van der Waals surface area (Å²) in [5.41, 5.74) is 1.01. The van der Waals surface area contributed by atoms with Crippen LogP contribution in [0.3, 0.4) is 0 Å².